The molecule has 0 fully saturated rings. The van der Waals surface area contributed by atoms with E-state index in [9.17, 15) is 9.90 Å². The smallest absolute Gasteiger partial charge is 0.407 e. The minimum Gasteiger partial charge on any atom is -0.508 e. The number of carbonyl (C=O) groups excluding carboxylic acids is 1. The van der Waals surface area contributed by atoms with Crippen LogP contribution >= 0.6 is 0 Å². The van der Waals surface area contributed by atoms with Crippen molar-refractivity contribution >= 4 is 6.09 Å². The first-order valence-electron chi connectivity index (χ1n) is 8.31. The van der Waals surface area contributed by atoms with E-state index in [1.807, 2.05) is 20.8 Å². The predicted molar refractivity (Wildman–Crippen MR) is 94.4 cm³/mol. The first-order valence-corrected chi connectivity index (χ1v) is 8.31. The number of nitrogens with one attached hydrogen (secondary N) is 2. The molecule has 3 N–H and O–H groups in total. The Labute approximate surface area is 144 Å². The molecule has 1 atom stereocenters. The summed E-state index contributed by atoms with van der Waals surface area (Å²) in [5.41, 5.74) is 0.247. The molecular weight excluding hydrogens is 308 g/mol. The molecule has 0 saturated heterocycles. The third kappa shape index (κ3) is 7.55. The van der Waals surface area contributed by atoms with Gasteiger partial charge in [0.2, 0.25) is 0 Å². The highest BCUT2D eigenvalue weighted by atomic mass is 16.6. The molecule has 6 heteroatoms. The second-order valence-electron chi connectivity index (χ2n) is 6.74. The molecule has 0 saturated carbocycles. The summed E-state index contributed by atoms with van der Waals surface area (Å²) in [6.45, 7) is 8.54. The number of phenolic OH excluding ortho intramolecular Hbond substituents is 1. The van der Waals surface area contributed by atoms with Crippen molar-refractivity contribution in [1.29, 1.82) is 0 Å². The van der Waals surface area contributed by atoms with E-state index in [-0.39, 0.29) is 11.8 Å². The summed E-state index contributed by atoms with van der Waals surface area (Å²) in [7, 11) is 1.59. The highest BCUT2D eigenvalue weighted by Crippen LogP contribution is 2.22. The quantitative estimate of drug-likeness (QED) is 0.678. The number of phenols is 1. The molecule has 0 bridgehead atoms. The summed E-state index contributed by atoms with van der Waals surface area (Å²) < 4.78 is 10.4. The summed E-state index contributed by atoms with van der Waals surface area (Å²) in [6, 6.07) is 5.22. The number of hydrogen-bond donors (Lipinski definition) is 3. The van der Waals surface area contributed by atoms with E-state index >= 15 is 0 Å². The minimum absolute atomic E-state index is 0.0909. The Kier molecular flexibility index (Phi) is 7.85. The van der Waals surface area contributed by atoms with Gasteiger partial charge in [0.25, 0.3) is 0 Å². The average Bonchev–Trinajstić information content (AvgIpc) is 2.49. The van der Waals surface area contributed by atoms with E-state index in [1.165, 1.54) is 0 Å². The lowest BCUT2D eigenvalue weighted by atomic mass is 10.1. The van der Waals surface area contributed by atoms with E-state index in [1.54, 1.807) is 25.3 Å². The van der Waals surface area contributed by atoms with Gasteiger partial charge in [-0.2, -0.15) is 0 Å². The number of aromatic hydroxyl groups is 1. The van der Waals surface area contributed by atoms with Gasteiger partial charge in [-0.05, 0) is 45.4 Å². The molecule has 6 nitrogen and oxygen atoms in total. The van der Waals surface area contributed by atoms with Crippen LogP contribution in [0.3, 0.4) is 0 Å². The van der Waals surface area contributed by atoms with Crippen molar-refractivity contribution in [3.8, 4) is 11.5 Å². The number of benzene rings is 1. The van der Waals surface area contributed by atoms with Gasteiger partial charge in [0.1, 0.15) is 17.1 Å². The number of ether oxygens (including phenoxy) is 2. The lowest BCUT2D eigenvalue weighted by molar-refractivity contribution is 0.0521. The minimum atomic E-state index is -0.510. The van der Waals surface area contributed by atoms with Crippen LogP contribution in [0.15, 0.2) is 18.2 Å². The Morgan fingerprint density at radius 3 is 2.62 bits per heavy atom. The van der Waals surface area contributed by atoms with E-state index in [0.29, 0.717) is 18.8 Å². The molecule has 24 heavy (non-hydrogen) atoms. The van der Waals surface area contributed by atoms with Crippen LogP contribution in [0.4, 0.5) is 4.79 Å². The van der Waals surface area contributed by atoms with E-state index in [2.05, 4.69) is 17.6 Å². The van der Waals surface area contributed by atoms with Crippen molar-refractivity contribution in [3.63, 3.8) is 0 Å². The zero-order chi connectivity index (χ0) is 18.2. The molecule has 1 rings (SSSR count). The number of carbonyl (C=O) groups is 1. The maximum Gasteiger partial charge on any atom is 0.407 e. The fourth-order valence-electron chi connectivity index (χ4n) is 2.23. The van der Waals surface area contributed by atoms with Crippen LogP contribution in [0, 0.1) is 0 Å². The Morgan fingerprint density at radius 2 is 2.04 bits per heavy atom. The lowest BCUT2D eigenvalue weighted by Gasteiger charge is -2.22. The molecule has 0 heterocycles. The van der Waals surface area contributed by atoms with Crippen LogP contribution in [0.2, 0.25) is 0 Å². The number of rotatable bonds is 8. The SMILES string of the molecule is CCCC(CNC(=O)OC(C)(C)C)NCc1cc(OC)ccc1O. The molecule has 1 aromatic rings. The molecule has 0 aliphatic carbocycles. The lowest BCUT2D eigenvalue weighted by Crippen LogP contribution is -2.42. The zero-order valence-corrected chi connectivity index (χ0v) is 15.3. The van der Waals surface area contributed by atoms with Gasteiger partial charge in [0.15, 0.2) is 0 Å². The highest BCUT2D eigenvalue weighted by Gasteiger charge is 2.17. The van der Waals surface area contributed by atoms with Crippen molar-refractivity contribution in [1.82, 2.24) is 10.6 Å². The molecule has 1 aromatic carbocycles. The van der Waals surface area contributed by atoms with Crippen LogP contribution in [-0.4, -0.2) is 36.5 Å². The summed E-state index contributed by atoms with van der Waals surface area (Å²) in [4.78, 5) is 11.8. The highest BCUT2D eigenvalue weighted by molar-refractivity contribution is 5.67. The van der Waals surface area contributed by atoms with Gasteiger partial charge in [0, 0.05) is 24.7 Å². The van der Waals surface area contributed by atoms with Crippen molar-refractivity contribution in [2.75, 3.05) is 13.7 Å². The molecule has 0 aliphatic heterocycles. The molecule has 136 valence electrons. The summed E-state index contributed by atoms with van der Waals surface area (Å²) in [5.74, 6) is 0.919. The normalized spacial score (nSPS) is 12.5. The summed E-state index contributed by atoms with van der Waals surface area (Å²) in [5, 5.41) is 16.1. The summed E-state index contributed by atoms with van der Waals surface area (Å²) in [6.07, 6.45) is 1.47. The van der Waals surface area contributed by atoms with Crippen molar-refractivity contribution in [2.24, 2.45) is 0 Å². The van der Waals surface area contributed by atoms with Crippen LogP contribution in [0.5, 0.6) is 11.5 Å². The van der Waals surface area contributed by atoms with Crippen LogP contribution in [-0.2, 0) is 11.3 Å². The van der Waals surface area contributed by atoms with Gasteiger partial charge in [-0.1, -0.05) is 13.3 Å². The first kappa shape index (κ1) is 20.1. The van der Waals surface area contributed by atoms with Gasteiger partial charge in [-0.25, -0.2) is 4.79 Å². The van der Waals surface area contributed by atoms with Crippen LogP contribution in [0.1, 0.15) is 46.1 Å². The monoisotopic (exact) mass is 338 g/mol. The first-order chi connectivity index (χ1) is 11.2. The van der Waals surface area contributed by atoms with Gasteiger partial charge < -0.3 is 25.2 Å². The van der Waals surface area contributed by atoms with Crippen molar-refractivity contribution in [3.05, 3.63) is 23.8 Å². The third-order valence-corrected chi connectivity index (χ3v) is 3.40. The molecule has 1 amide bonds. The largest absolute Gasteiger partial charge is 0.508 e. The molecule has 1 unspecified atom stereocenters. The fraction of sp³-hybridized carbons (Fsp3) is 0.611. The van der Waals surface area contributed by atoms with E-state index < -0.39 is 11.7 Å². The standard InChI is InChI=1S/C18H30N2O4/c1-6-7-14(12-20-17(22)24-18(2,3)4)19-11-13-10-15(23-5)8-9-16(13)21/h8-10,14,19,21H,6-7,11-12H2,1-5H3,(H,20,22). The van der Waals surface area contributed by atoms with Gasteiger partial charge in [0.05, 0.1) is 7.11 Å². The second kappa shape index (κ2) is 9.37. The maximum atomic E-state index is 11.8. The van der Waals surface area contributed by atoms with Gasteiger partial charge >= 0.3 is 6.09 Å². The third-order valence-electron chi connectivity index (χ3n) is 3.40. The fourth-order valence-corrected chi connectivity index (χ4v) is 2.23. The van der Waals surface area contributed by atoms with Crippen molar-refractivity contribution < 1.29 is 19.4 Å². The zero-order valence-electron chi connectivity index (χ0n) is 15.3. The molecule has 0 radical (unpaired) electrons. The number of alkyl carbamates (subject to hydrolysis) is 1. The molecule has 0 aromatic heterocycles. The Hall–Kier alpha value is -1.95. The van der Waals surface area contributed by atoms with E-state index in [4.69, 9.17) is 9.47 Å². The molecule has 0 aliphatic rings. The topological polar surface area (TPSA) is 79.8 Å². The van der Waals surface area contributed by atoms with Gasteiger partial charge in [-0.15, -0.1) is 0 Å². The number of methoxy groups -OCH3 is 1. The average molecular weight is 338 g/mol. The van der Waals surface area contributed by atoms with Crippen LogP contribution in [0.25, 0.3) is 0 Å². The Balaban J connectivity index is 2.55. The van der Waals surface area contributed by atoms with Crippen molar-refractivity contribution in [2.45, 2.75) is 58.7 Å². The number of amides is 1. The summed E-state index contributed by atoms with van der Waals surface area (Å²) >= 11 is 0. The predicted octanol–water partition coefficient (Wildman–Crippen LogP) is 3.18. The van der Waals surface area contributed by atoms with Crippen LogP contribution < -0.4 is 15.4 Å². The molecular formula is C18H30N2O4. The second-order valence-corrected chi connectivity index (χ2v) is 6.74. The Morgan fingerprint density at radius 1 is 1.33 bits per heavy atom. The molecule has 0 spiro atoms. The number of hydrogen-bond acceptors (Lipinski definition) is 5. The Bertz CT molecular complexity index is 526. The maximum absolute atomic E-state index is 11.8. The van der Waals surface area contributed by atoms with E-state index in [0.717, 1.165) is 18.4 Å². The van der Waals surface area contributed by atoms with Gasteiger partial charge in [-0.3, -0.25) is 0 Å².